The van der Waals surface area contributed by atoms with Gasteiger partial charge in [0.2, 0.25) is 35.4 Å². The Labute approximate surface area is 286 Å². The van der Waals surface area contributed by atoms with E-state index in [4.69, 9.17) is 38.9 Å². The monoisotopic (exact) mass is 719 g/mol. The summed E-state index contributed by atoms with van der Waals surface area (Å²) in [5, 5.41) is 50.5. The molecule has 6 atom stereocenters. The van der Waals surface area contributed by atoms with Gasteiger partial charge in [-0.2, -0.15) is 0 Å². The quantitative estimate of drug-likeness (QED) is 0.0250. The van der Waals surface area contributed by atoms with Gasteiger partial charge in [-0.15, -0.1) is 0 Å². The van der Waals surface area contributed by atoms with Crippen LogP contribution in [0.25, 0.3) is 0 Å². The zero-order chi connectivity index (χ0) is 38.4. The van der Waals surface area contributed by atoms with Crippen LogP contribution in [0, 0.1) is 0 Å². The fourth-order valence-corrected chi connectivity index (χ4v) is 3.77. The summed E-state index contributed by atoms with van der Waals surface area (Å²) >= 11 is 0. The van der Waals surface area contributed by atoms with E-state index >= 15 is 0 Å². The standard InChI is InChI=1S/C26H49N13O11/c1-12(35-18(43)8-34-21(46)15(9-40)37-20(45)13(27)4-2-6-32-25(28)29)19(44)36-14(5-3-7-33-26(30)31)22(47)38-16(10-41)23(48)39-17(11-42)24(49)50/h12-17,40-42H,2-11,27H2,1H3,(H,34,46)(H,35,43)(H,36,44)(H,37,45)(H,38,47)(H,39,48)(H,49,50)(H4,28,29,32)(H4,30,31,33)/t12-,13-,14-,15-,16-,17-/m0/s1. The maximum atomic E-state index is 13.0. The number of aliphatic hydroxyl groups excluding tert-OH is 3. The van der Waals surface area contributed by atoms with Crippen molar-refractivity contribution in [1.82, 2.24) is 31.9 Å². The number of aliphatic hydroxyl groups is 3. The second kappa shape index (κ2) is 23.9. The number of guanidine groups is 2. The Morgan fingerprint density at radius 1 is 0.600 bits per heavy atom. The number of carboxylic acids is 1. The van der Waals surface area contributed by atoms with Crippen LogP contribution in [0.15, 0.2) is 9.98 Å². The Morgan fingerprint density at radius 3 is 1.54 bits per heavy atom. The van der Waals surface area contributed by atoms with Gasteiger partial charge >= 0.3 is 5.97 Å². The van der Waals surface area contributed by atoms with Crippen LogP contribution in [0.5, 0.6) is 0 Å². The first-order valence-electron chi connectivity index (χ1n) is 15.2. The predicted molar refractivity (Wildman–Crippen MR) is 175 cm³/mol. The molecule has 0 radical (unpaired) electrons. The van der Waals surface area contributed by atoms with E-state index in [0.717, 1.165) is 0 Å². The van der Waals surface area contributed by atoms with Crippen molar-refractivity contribution in [2.45, 2.75) is 68.9 Å². The van der Waals surface area contributed by atoms with Crippen molar-refractivity contribution in [1.29, 1.82) is 0 Å². The molecular formula is C26H49N13O11. The van der Waals surface area contributed by atoms with Crippen LogP contribution in [-0.2, 0) is 33.6 Å². The minimum atomic E-state index is -1.72. The van der Waals surface area contributed by atoms with Crippen LogP contribution in [0.1, 0.15) is 32.6 Å². The molecule has 24 nitrogen and oxygen atoms in total. The third kappa shape index (κ3) is 18.3. The van der Waals surface area contributed by atoms with E-state index < -0.39 is 104 Å². The van der Waals surface area contributed by atoms with Crippen molar-refractivity contribution in [3.8, 4) is 0 Å². The van der Waals surface area contributed by atoms with E-state index in [1.807, 2.05) is 5.32 Å². The molecule has 0 fully saturated rings. The predicted octanol–water partition coefficient (Wildman–Crippen LogP) is -8.96. The highest BCUT2D eigenvalue weighted by Gasteiger charge is 2.30. The number of amides is 6. The first-order chi connectivity index (χ1) is 23.5. The highest BCUT2D eigenvalue weighted by atomic mass is 16.4. The Kier molecular flexibility index (Phi) is 21.4. The third-order valence-corrected chi connectivity index (χ3v) is 6.50. The molecule has 0 aromatic heterocycles. The number of carbonyl (C=O) groups is 7. The second-order valence-electron chi connectivity index (χ2n) is 10.6. The summed E-state index contributed by atoms with van der Waals surface area (Å²) in [6.45, 7) is -1.95. The molecule has 20 N–H and O–H groups in total. The molecule has 50 heavy (non-hydrogen) atoms. The molecule has 0 heterocycles. The summed E-state index contributed by atoms with van der Waals surface area (Å²) in [5.74, 6) is -7.51. The fraction of sp³-hybridized carbons (Fsp3) is 0.654. The third-order valence-electron chi connectivity index (χ3n) is 6.50. The van der Waals surface area contributed by atoms with Crippen molar-refractivity contribution in [2.24, 2.45) is 38.7 Å². The summed E-state index contributed by atoms with van der Waals surface area (Å²) in [6, 6.07) is -8.57. The number of aliphatic imine (C=N–C) groups is 2. The average Bonchev–Trinajstić information content (AvgIpc) is 3.05. The van der Waals surface area contributed by atoms with E-state index in [1.165, 1.54) is 6.92 Å². The first-order valence-corrected chi connectivity index (χ1v) is 15.2. The van der Waals surface area contributed by atoms with E-state index in [-0.39, 0.29) is 44.3 Å². The molecule has 0 aliphatic heterocycles. The largest absolute Gasteiger partial charge is 0.480 e. The Balaban J connectivity index is 5.28. The number of hydrogen-bond acceptors (Lipinski definition) is 13. The minimum absolute atomic E-state index is 0.0370. The van der Waals surface area contributed by atoms with Gasteiger partial charge in [-0.1, -0.05) is 0 Å². The number of hydrogen-bond donors (Lipinski definition) is 15. The fourth-order valence-electron chi connectivity index (χ4n) is 3.77. The van der Waals surface area contributed by atoms with Gasteiger partial charge < -0.3 is 81.0 Å². The van der Waals surface area contributed by atoms with E-state index in [1.54, 1.807) is 0 Å². The molecule has 6 amide bonds. The lowest BCUT2D eigenvalue weighted by Crippen LogP contribution is -2.59. The van der Waals surface area contributed by atoms with Crippen molar-refractivity contribution in [2.75, 3.05) is 39.5 Å². The molecular weight excluding hydrogens is 670 g/mol. The number of carboxylic acid groups (broad SMARTS) is 1. The molecule has 0 unspecified atom stereocenters. The van der Waals surface area contributed by atoms with Gasteiger partial charge in [-0.25, -0.2) is 4.79 Å². The van der Waals surface area contributed by atoms with Crippen LogP contribution in [0.2, 0.25) is 0 Å². The van der Waals surface area contributed by atoms with Gasteiger partial charge in [0.05, 0.1) is 32.4 Å². The van der Waals surface area contributed by atoms with Crippen molar-refractivity contribution >= 4 is 53.3 Å². The van der Waals surface area contributed by atoms with Crippen LogP contribution in [0.4, 0.5) is 0 Å². The molecule has 24 heteroatoms. The molecule has 0 aliphatic carbocycles. The van der Waals surface area contributed by atoms with Crippen LogP contribution < -0.4 is 60.6 Å². The summed E-state index contributed by atoms with van der Waals surface area (Å²) in [6.07, 6.45) is 0.556. The van der Waals surface area contributed by atoms with Gasteiger partial charge in [-0.3, -0.25) is 38.8 Å². The summed E-state index contributed by atoms with van der Waals surface area (Å²) < 4.78 is 0. The Bertz CT molecular complexity index is 1230. The molecule has 0 saturated heterocycles. The topological polar surface area (TPSA) is 427 Å². The lowest BCUT2D eigenvalue weighted by Gasteiger charge is -2.24. The van der Waals surface area contributed by atoms with Crippen molar-refractivity contribution in [3.05, 3.63) is 0 Å². The normalized spacial score (nSPS) is 14.2. The van der Waals surface area contributed by atoms with Gasteiger partial charge in [0.15, 0.2) is 11.9 Å². The number of nitrogens with two attached hydrogens (primary N) is 5. The summed E-state index contributed by atoms with van der Waals surface area (Å²) in [4.78, 5) is 94.1. The Hall–Kier alpha value is -5.33. The van der Waals surface area contributed by atoms with Gasteiger partial charge in [0.1, 0.15) is 30.2 Å². The van der Waals surface area contributed by atoms with Crippen LogP contribution >= 0.6 is 0 Å². The van der Waals surface area contributed by atoms with E-state index in [9.17, 15) is 43.8 Å². The SMILES string of the molecule is C[C@H](NC(=O)CNC(=O)[C@H](CO)NC(=O)[C@@H](N)CCCN=C(N)N)C(=O)N[C@@H](CCCN=C(N)N)C(=O)N[C@@H](CO)C(=O)N[C@@H](CO)C(=O)O. The maximum Gasteiger partial charge on any atom is 0.328 e. The zero-order valence-corrected chi connectivity index (χ0v) is 27.5. The smallest absolute Gasteiger partial charge is 0.328 e. The second-order valence-corrected chi connectivity index (χ2v) is 10.6. The van der Waals surface area contributed by atoms with Crippen molar-refractivity contribution < 1.29 is 54.0 Å². The molecule has 284 valence electrons. The molecule has 0 bridgehead atoms. The number of nitrogens with one attached hydrogen (secondary N) is 6. The van der Waals surface area contributed by atoms with E-state index in [2.05, 4.69) is 36.6 Å². The average molecular weight is 720 g/mol. The van der Waals surface area contributed by atoms with Gasteiger partial charge in [-0.05, 0) is 32.6 Å². The summed E-state index contributed by atoms with van der Waals surface area (Å²) in [7, 11) is 0. The number of carbonyl (C=O) groups excluding carboxylic acids is 6. The molecule has 0 spiro atoms. The van der Waals surface area contributed by atoms with Crippen LogP contribution in [-0.4, -0.2) is 149 Å². The molecule has 0 saturated carbocycles. The number of nitrogens with zero attached hydrogens (tertiary/aromatic N) is 2. The highest BCUT2D eigenvalue weighted by Crippen LogP contribution is 2.02. The Morgan fingerprint density at radius 2 is 1.04 bits per heavy atom. The van der Waals surface area contributed by atoms with Crippen molar-refractivity contribution in [3.63, 3.8) is 0 Å². The number of aliphatic carboxylic acids is 1. The van der Waals surface area contributed by atoms with E-state index in [0.29, 0.717) is 6.42 Å². The lowest BCUT2D eigenvalue weighted by molar-refractivity contribution is -0.143. The first kappa shape index (κ1) is 44.7. The molecule has 0 aliphatic rings. The molecule has 0 aromatic rings. The summed E-state index contributed by atoms with van der Waals surface area (Å²) in [5.41, 5.74) is 26.8. The zero-order valence-electron chi connectivity index (χ0n) is 27.5. The van der Waals surface area contributed by atoms with Crippen LogP contribution in [0.3, 0.4) is 0 Å². The maximum absolute atomic E-state index is 13.0. The number of rotatable bonds is 24. The highest BCUT2D eigenvalue weighted by molar-refractivity contribution is 5.96. The molecule has 0 rings (SSSR count). The van der Waals surface area contributed by atoms with Gasteiger partial charge in [0, 0.05) is 13.1 Å². The lowest BCUT2D eigenvalue weighted by atomic mass is 10.1. The molecule has 0 aromatic carbocycles. The minimum Gasteiger partial charge on any atom is -0.480 e. The van der Waals surface area contributed by atoms with Gasteiger partial charge in [0.25, 0.3) is 0 Å².